The van der Waals surface area contributed by atoms with E-state index < -0.39 is 5.97 Å². The Morgan fingerprint density at radius 1 is 1.39 bits per heavy atom. The fraction of sp³-hybridized carbons (Fsp3) is 0.231. The summed E-state index contributed by atoms with van der Waals surface area (Å²) in [5.41, 5.74) is 1.81. The summed E-state index contributed by atoms with van der Waals surface area (Å²) in [6.07, 6.45) is 0.891. The van der Waals surface area contributed by atoms with Crippen molar-refractivity contribution in [3.05, 3.63) is 46.5 Å². The molecule has 0 aliphatic heterocycles. The summed E-state index contributed by atoms with van der Waals surface area (Å²) in [5, 5.41) is 12.7. The second-order valence-electron chi connectivity index (χ2n) is 3.90. The Morgan fingerprint density at radius 2 is 2.11 bits per heavy atom. The van der Waals surface area contributed by atoms with Crippen molar-refractivity contribution in [2.45, 2.75) is 13.3 Å². The molecule has 0 saturated carbocycles. The first-order chi connectivity index (χ1) is 8.66. The van der Waals surface area contributed by atoms with Crippen molar-refractivity contribution in [3.8, 4) is 0 Å². The zero-order valence-electron chi connectivity index (χ0n) is 10.0. The number of anilines is 1. The molecule has 1 heterocycles. The smallest absolute Gasteiger partial charge is 0.347 e. The second-order valence-corrected chi connectivity index (χ2v) is 4.90. The van der Waals surface area contributed by atoms with Crippen molar-refractivity contribution in [3.63, 3.8) is 0 Å². The van der Waals surface area contributed by atoms with Crippen LogP contribution in [0.15, 0.2) is 30.3 Å². The van der Waals surface area contributed by atoms with Crippen LogP contribution in [0.25, 0.3) is 0 Å². The van der Waals surface area contributed by atoms with E-state index in [4.69, 9.17) is 5.11 Å². The number of carboxylic acids is 1. The molecule has 0 unspecified atom stereocenters. The number of aryl methyl sites for hydroxylation is 1. The summed E-state index contributed by atoms with van der Waals surface area (Å²) in [6, 6.07) is 10.1. The molecule has 0 atom stereocenters. The van der Waals surface area contributed by atoms with Gasteiger partial charge in [-0.25, -0.2) is 9.78 Å². The summed E-state index contributed by atoms with van der Waals surface area (Å²) in [5.74, 6) is -0.916. The molecular weight excluding hydrogens is 248 g/mol. The molecule has 4 nitrogen and oxygen atoms in total. The zero-order valence-corrected chi connectivity index (χ0v) is 10.8. The molecule has 18 heavy (non-hydrogen) atoms. The monoisotopic (exact) mass is 262 g/mol. The third-order valence-corrected chi connectivity index (χ3v) is 3.63. The molecule has 0 radical (unpaired) electrons. The van der Waals surface area contributed by atoms with Crippen molar-refractivity contribution in [1.29, 1.82) is 0 Å². The number of aromatic carboxylic acids is 1. The quantitative estimate of drug-likeness (QED) is 0.869. The number of aromatic nitrogens is 1. The van der Waals surface area contributed by atoms with Gasteiger partial charge in [0.25, 0.3) is 0 Å². The summed E-state index contributed by atoms with van der Waals surface area (Å²) >= 11 is 1.18. The molecule has 0 saturated heterocycles. The van der Waals surface area contributed by atoms with E-state index in [1.165, 1.54) is 16.9 Å². The van der Waals surface area contributed by atoms with Gasteiger partial charge in [-0.2, -0.15) is 0 Å². The number of rotatable bonds is 5. The number of nitrogens with one attached hydrogen (secondary N) is 1. The lowest BCUT2D eigenvalue weighted by molar-refractivity contribution is 0.0701. The van der Waals surface area contributed by atoms with Crippen molar-refractivity contribution >= 4 is 22.4 Å². The van der Waals surface area contributed by atoms with Crippen LogP contribution in [0.4, 0.5) is 5.13 Å². The summed E-state index contributed by atoms with van der Waals surface area (Å²) in [7, 11) is 0. The number of carbonyl (C=O) groups is 1. The first-order valence-electron chi connectivity index (χ1n) is 5.65. The van der Waals surface area contributed by atoms with Crippen LogP contribution in [0.1, 0.15) is 20.9 Å². The van der Waals surface area contributed by atoms with E-state index in [-0.39, 0.29) is 0 Å². The predicted molar refractivity (Wildman–Crippen MR) is 72.4 cm³/mol. The van der Waals surface area contributed by atoms with Gasteiger partial charge in [0.2, 0.25) is 0 Å². The molecule has 0 bridgehead atoms. The van der Waals surface area contributed by atoms with Crippen LogP contribution in [-0.2, 0) is 6.42 Å². The standard InChI is InChI=1S/C13H14N2O2S/c1-9-11(12(16)17)18-13(15-9)14-8-7-10-5-3-2-4-6-10/h2-6H,7-8H2,1H3,(H,14,15)(H,16,17). The highest BCUT2D eigenvalue weighted by Gasteiger charge is 2.13. The maximum absolute atomic E-state index is 10.9. The summed E-state index contributed by atoms with van der Waals surface area (Å²) in [4.78, 5) is 15.4. The van der Waals surface area contributed by atoms with Crippen molar-refractivity contribution in [1.82, 2.24) is 4.98 Å². The molecule has 0 aliphatic carbocycles. The maximum atomic E-state index is 10.9. The molecule has 94 valence electrons. The molecule has 0 amide bonds. The van der Waals surface area contributed by atoms with Crippen molar-refractivity contribution in [2.24, 2.45) is 0 Å². The number of nitrogens with zero attached hydrogens (tertiary/aromatic N) is 1. The molecule has 0 aliphatic rings. The molecular formula is C13H14N2O2S. The van der Waals surface area contributed by atoms with Gasteiger partial charge in [0.05, 0.1) is 5.69 Å². The van der Waals surface area contributed by atoms with Gasteiger partial charge in [-0.3, -0.25) is 0 Å². The highest BCUT2D eigenvalue weighted by molar-refractivity contribution is 7.17. The molecule has 0 fully saturated rings. The van der Waals surface area contributed by atoms with Crippen LogP contribution in [0, 0.1) is 6.92 Å². The fourth-order valence-corrected chi connectivity index (χ4v) is 2.46. The lowest BCUT2D eigenvalue weighted by atomic mass is 10.2. The Labute approximate surface area is 109 Å². The van der Waals surface area contributed by atoms with E-state index in [1.54, 1.807) is 6.92 Å². The van der Waals surface area contributed by atoms with E-state index in [1.807, 2.05) is 18.2 Å². The Balaban J connectivity index is 1.91. The minimum Gasteiger partial charge on any atom is -0.477 e. The molecule has 2 N–H and O–H groups in total. The number of hydrogen-bond donors (Lipinski definition) is 2. The number of carboxylic acid groups (broad SMARTS) is 1. The summed E-state index contributed by atoms with van der Waals surface area (Å²) < 4.78 is 0. The van der Waals surface area contributed by atoms with Crippen LogP contribution in [0.2, 0.25) is 0 Å². The largest absolute Gasteiger partial charge is 0.477 e. The Morgan fingerprint density at radius 3 is 2.72 bits per heavy atom. The van der Waals surface area contributed by atoms with Crippen LogP contribution >= 0.6 is 11.3 Å². The molecule has 2 aromatic rings. The lowest BCUT2D eigenvalue weighted by Crippen LogP contribution is -2.04. The van der Waals surface area contributed by atoms with Gasteiger partial charge < -0.3 is 10.4 Å². The second kappa shape index (κ2) is 5.64. The maximum Gasteiger partial charge on any atom is 0.347 e. The Bertz CT molecular complexity index is 537. The zero-order chi connectivity index (χ0) is 13.0. The molecule has 5 heteroatoms. The fourth-order valence-electron chi connectivity index (χ4n) is 1.63. The highest BCUT2D eigenvalue weighted by Crippen LogP contribution is 2.22. The van der Waals surface area contributed by atoms with Gasteiger partial charge in [0.15, 0.2) is 5.13 Å². The van der Waals surface area contributed by atoms with Gasteiger partial charge in [-0.1, -0.05) is 41.7 Å². The van der Waals surface area contributed by atoms with E-state index in [2.05, 4.69) is 22.4 Å². The molecule has 1 aromatic carbocycles. The highest BCUT2D eigenvalue weighted by atomic mass is 32.1. The van der Waals surface area contributed by atoms with E-state index >= 15 is 0 Å². The Hall–Kier alpha value is -1.88. The third-order valence-electron chi connectivity index (χ3n) is 2.52. The van der Waals surface area contributed by atoms with E-state index in [0.29, 0.717) is 15.7 Å². The van der Waals surface area contributed by atoms with E-state index in [0.717, 1.165) is 13.0 Å². The minimum atomic E-state index is -0.916. The topological polar surface area (TPSA) is 62.2 Å². The van der Waals surface area contributed by atoms with Gasteiger partial charge in [-0.05, 0) is 18.9 Å². The minimum absolute atomic E-state index is 0.303. The third kappa shape index (κ3) is 3.07. The summed E-state index contributed by atoms with van der Waals surface area (Å²) in [6.45, 7) is 2.46. The van der Waals surface area contributed by atoms with Gasteiger partial charge >= 0.3 is 5.97 Å². The van der Waals surface area contributed by atoms with Crippen molar-refractivity contribution in [2.75, 3.05) is 11.9 Å². The average Bonchev–Trinajstić information content (AvgIpc) is 2.72. The first-order valence-corrected chi connectivity index (χ1v) is 6.47. The number of benzene rings is 1. The average molecular weight is 262 g/mol. The number of hydrogen-bond acceptors (Lipinski definition) is 4. The molecule has 1 aromatic heterocycles. The van der Waals surface area contributed by atoms with Crippen LogP contribution in [-0.4, -0.2) is 22.6 Å². The van der Waals surface area contributed by atoms with Crippen LogP contribution in [0.5, 0.6) is 0 Å². The predicted octanol–water partition coefficient (Wildman–Crippen LogP) is 2.80. The van der Waals surface area contributed by atoms with E-state index in [9.17, 15) is 4.79 Å². The van der Waals surface area contributed by atoms with Crippen LogP contribution < -0.4 is 5.32 Å². The first kappa shape index (κ1) is 12.6. The van der Waals surface area contributed by atoms with Gasteiger partial charge in [0.1, 0.15) is 4.88 Å². The normalized spacial score (nSPS) is 10.3. The Kier molecular flexibility index (Phi) is 3.94. The van der Waals surface area contributed by atoms with Crippen LogP contribution in [0.3, 0.4) is 0 Å². The van der Waals surface area contributed by atoms with Gasteiger partial charge in [-0.15, -0.1) is 0 Å². The SMILES string of the molecule is Cc1nc(NCCc2ccccc2)sc1C(=O)O. The van der Waals surface area contributed by atoms with Gasteiger partial charge in [0, 0.05) is 6.54 Å². The number of thiazole rings is 1. The molecule has 0 spiro atoms. The molecule has 2 rings (SSSR count). The lowest BCUT2D eigenvalue weighted by Gasteiger charge is -2.02. The van der Waals surface area contributed by atoms with Crippen molar-refractivity contribution < 1.29 is 9.90 Å².